The summed E-state index contributed by atoms with van der Waals surface area (Å²) < 4.78 is 33.9. The van der Waals surface area contributed by atoms with E-state index < -0.39 is 10.2 Å². The summed E-state index contributed by atoms with van der Waals surface area (Å²) in [5.74, 6) is 0. The fourth-order valence-corrected chi connectivity index (χ4v) is 4.55. The van der Waals surface area contributed by atoms with Crippen LogP contribution in [0.3, 0.4) is 0 Å². The number of likely N-dealkylation sites (N-methyl/N-ethyl adjacent to an activating group) is 1. The predicted octanol–water partition coefficient (Wildman–Crippen LogP) is 1.05. The van der Waals surface area contributed by atoms with Crippen molar-refractivity contribution in [2.45, 2.75) is 45.6 Å². The lowest BCUT2D eigenvalue weighted by molar-refractivity contribution is 0.171. The first-order valence-electron chi connectivity index (χ1n) is 8.04. The van der Waals surface area contributed by atoms with E-state index in [1.807, 2.05) is 6.92 Å². The molecule has 0 bridgehead atoms. The van der Waals surface area contributed by atoms with Crippen LogP contribution in [-0.2, 0) is 14.9 Å². The van der Waals surface area contributed by atoms with Crippen LogP contribution in [0.4, 0.5) is 0 Å². The molecule has 0 aliphatic carbocycles. The number of ether oxygens (including phenoxy) is 1. The van der Waals surface area contributed by atoms with Gasteiger partial charge in [-0.25, -0.2) is 0 Å². The monoisotopic (exact) mass is 321 g/mol. The van der Waals surface area contributed by atoms with Crippen molar-refractivity contribution in [3.63, 3.8) is 0 Å². The van der Waals surface area contributed by atoms with E-state index in [9.17, 15) is 8.42 Å². The van der Waals surface area contributed by atoms with E-state index in [-0.39, 0.29) is 6.04 Å². The maximum atomic E-state index is 12.8. The summed E-state index contributed by atoms with van der Waals surface area (Å²) in [6.45, 7) is 7.64. The van der Waals surface area contributed by atoms with Gasteiger partial charge in [-0.05, 0) is 25.8 Å². The number of piperidine rings is 1. The molecular weight excluding hydrogens is 290 g/mol. The molecule has 1 N–H and O–H groups in total. The standard InChI is InChI=1S/C14H31N3O3S/c1-4-9-15-13-14-8-6-7-10-17(14)21(18,19)16(5-2)11-12-20-3/h14-15H,4-13H2,1-3H3. The van der Waals surface area contributed by atoms with Crippen LogP contribution in [-0.4, -0.2) is 69.5 Å². The first-order valence-corrected chi connectivity index (χ1v) is 9.44. The van der Waals surface area contributed by atoms with Crippen molar-refractivity contribution in [3.05, 3.63) is 0 Å². The van der Waals surface area contributed by atoms with E-state index in [1.165, 1.54) is 4.31 Å². The Hall–Kier alpha value is -0.210. The van der Waals surface area contributed by atoms with E-state index in [0.29, 0.717) is 26.2 Å². The summed E-state index contributed by atoms with van der Waals surface area (Å²) in [6, 6.07) is 0.0758. The molecule has 1 aliphatic heterocycles. The van der Waals surface area contributed by atoms with Gasteiger partial charge in [-0.3, -0.25) is 0 Å². The SMILES string of the molecule is CCCNCC1CCCCN1S(=O)(=O)N(CC)CCOC. The Bertz CT molecular complexity index is 376. The number of nitrogens with one attached hydrogen (secondary N) is 1. The first-order chi connectivity index (χ1) is 10.1. The molecule has 1 saturated heterocycles. The Morgan fingerprint density at radius 1 is 1.33 bits per heavy atom. The first kappa shape index (κ1) is 18.8. The summed E-state index contributed by atoms with van der Waals surface area (Å²) in [6.07, 6.45) is 4.06. The lowest BCUT2D eigenvalue weighted by Crippen LogP contribution is -2.54. The summed E-state index contributed by atoms with van der Waals surface area (Å²) in [5.41, 5.74) is 0. The Kier molecular flexibility index (Phi) is 8.73. The summed E-state index contributed by atoms with van der Waals surface area (Å²) in [5, 5.41) is 3.36. The van der Waals surface area contributed by atoms with Gasteiger partial charge in [0.15, 0.2) is 0 Å². The van der Waals surface area contributed by atoms with Crippen LogP contribution < -0.4 is 5.32 Å². The van der Waals surface area contributed by atoms with Gasteiger partial charge in [0, 0.05) is 39.3 Å². The molecule has 0 saturated carbocycles. The van der Waals surface area contributed by atoms with Gasteiger partial charge in [-0.15, -0.1) is 0 Å². The maximum absolute atomic E-state index is 12.8. The summed E-state index contributed by atoms with van der Waals surface area (Å²) in [4.78, 5) is 0. The van der Waals surface area contributed by atoms with Gasteiger partial charge < -0.3 is 10.1 Å². The van der Waals surface area contributed by atoms with Gasteiger partial charge in [0.1, 0.15) is 0 Å². The smallest absolute Gasteiger partial charge is 0.282 e. The highest BCUT2D eigenvalue weighted by Crippen LogP contribution is 2.22. The zero-order valence-corrected chi connectivity index (χ0v) is 14.5. The Morgan fingerprint density at radius 2 is 2.10 bits per heavy atom. The van der Waals surface area contributed by atoms with E-state index in [1.54, 1.807) is 11.4 Å². The van der Waals surface area contributed by atoms with Crippen molar-refractivity contribution in [2.24, 2.45) is 0 Å². The molecule has 0 aromatic carbocycles. The van der Waals surface area contributed by atoms with Crippen LogP contribution in [0.5, 0.6) is 0 Å². The van der Waals surface area contributed by atoms with Gasteiger partial charge in [-0.1, -0.05) is 20.3 Å². The topological polar surface area (TPSA) is 61.9 Å². The van der Waals surface area contributed by atoms with Crippen molar-refractivity contribution in [2.75, 3.05) is 46.4 Å². The zero-order valence-electron chi connectivity index (χ0n) is 13.7. The second kappa shape index (κ2) is 9.74. The Morgan fingerprint density at radius 3 is 2.71 bits per heavy atom. The van der Waals surface area contributed by atoms with Gasteiger partial charge in [-0.2, -0.15) is 17.0 Å². The molecule has 1 atom stereocenters. The molecule has 1 aliphatic rings. The summed E-state index contributed by atoms with van der Waals surface area (Å²) >= 11 is 0. The highest BCUT2D eigenvalue weighted by Gasteiger charge is 2.35. The van der Waals surface area contributed by atoms with Gasteiger partial charge >= 0.3 is 0 Å². The van der Waals surface area contributed by atoms with Crippen LogP contribution in [0.2, 0.25) is 0 Å². The highest BCUT2D eigenvalue weighted by atomic mass is 32.2. The molecule has 1 unspecified atom stereocenters. The molecule has 0 radical (unpaired) electrons. The number of hydrogen-bond donors (Lipinski definition) is 1. The number of methoxy groups -OCH3 is 1. The second-order valence-electron chi connectivity index (χ2n) is 5.46. The molecule has 7 heteroatoms. The zero-order chi connectivity index (χ0) is 15.7. The lowest BCUT2D eigenvalue weighted by atomic mass is 10.1. The predicted molar refractivity (Wildman–Crippen MR) is 85.5 cm³/mol. The largest absolute Gasteiger partial charge is 0.383 e. The van der Waals surface area contributed by atoms with Crippen molar-refractivity contribution in [1.82, 2.24) is 13.9 Å². The van der Waals surface area contributed by atoms with E-state index in [0.717, 1.165) is 38.8 Å². The van der Waals surface area contributed by atoms with Crippen molar-refractivity contribution < 1.29 is 13.2 Å². The van der Waals surface area contributed by atoms with Gasteiger partial charge in [0.2, 0.25) is 0 Å². The third-order valence-electron chi connectivity index (χ3n) is 3.90. The number of nitrogens with zero attached hydrogens (tertiary/aromatic N) is 2. The fourth-order valence-electron chi connectivity index (χ4n) is 2.71. The molecule has 1 rings (SSSR count). The molecule has 0 aromatic heterocycles. The average Bonchev–Trinajstić information content (AvgIpc) is 2.48. The molecule has 21 heavy (non-hydrogen) atoms. The van der Waals surface area contributed by atoms with Crippen molar-refractivity contribution in [3.8, 4) is 0 Å². The summed E-state index contributed by atoms with van der Waals surface area (Å²) in [7, 11) is -1.79. The average molecular weight is 321 g/mol. The van der Waals surface area contributed by atoms with Gasteiger partial charge in [0.25, 0.3) is 10.2 Å². The van der Waals surface area contributed by atoms with Crippen LogP contribution in [0, 0.1) is 0 Å². The molecule has 0 amide bonds. The third kappa shape index (κ3) is 5.49. The van der Waals surface area contributed by atoms with E-state index in [2.05, 4.69) is 12.2 Å². The molecule has 0 aromatic rings. The normalized spacial score (nSPS) is 21.0. The lowest BCUT2D eigenvalue weighted by Gasteiger charge is -2.37. The second-order valence-corrected chi connectivity index (χ2v) is 7.34. The minimum Gasteiger partial charge on any atom is -0.383 e. The Balaban J connectivity index is 2.75. The van der Waals surface area contributed by atoms with Crippen molar-refractivity contribution in [1.29, 1.82) is 0 Å². The van der Waals surface area contributed by atoms with Crippen LogP contribution in [0.1, 0.15) is 39.5 Å². The van der Waals surface area contributed by atoms with Gasteiger partial charge in [0.05, 0.1) is 6.61 Å². The maximum Gasteiger partial charge on any atom is 0.282 e. The quantitative estimate of drug-likeness (QED) is 0.611. The minimum absolute atomic E-state index is 0.0758. The van der Waals surface area contributed by atoms with Crippen LogP contribution >= 0.6 is 0 Å². The molecular formula is C14H31N3O3S. The number of rotatable bonds is 10. The van der Waals surface area contributed by atoms with Crippen molar-refractivity contribution >= 4 is 10.2 Å². The molecule has 1 heterocycles. The minimum atomic E-state index is -3.39. The third-order valence-corrected chi connectivity index (χ3v) is 6.07. The molecule has 126 valence electrons. The van der Waals surface area contributed by atoms with Crippen LogP contribution in [0.15, 0.2) is 0 Å². The fraction of sp³-hybridized carbons (Fsp3) is 1.00. The molecule has 0 spiro atoms. The van der Waals surface area contributed by atoms with E-state index >= 15 is 0 Å². The molecule has 1 fully saturated rings. The molecule has 6 nitrogen and oxygen atoms in total. The number of hydrogen-bond acceptors (Lipinski definition) is 4. The Labute approximate surface area is 130 Å². The van der Waals surface area contributed by atoms with Crippen LogP contribution in [0.25, 0.3) is 0 Å². The van der Waals surface area contributed by atoms with E-state index in [4.69, 9.17) is 4.74 Å². The highest BCUT2D eigenvalue weighted by molar-refractivity contribution is 7.86.